The molecular formula is C32H22N2O6. The molecule has 0 saturated carbocycles. The summed E-state index contributed by atoms with van der Waals surface area (Å²) in [6, 6.07) is 28.3. The topological polar surface area (TPSA) is 93.2 Å². The summed E-state index contributed by atoms with van der Waals surface area (Å²) in [7, 11) is 0. The van der Waals surface area contributed by atoms with Gasteiger partial charge in [-0.1, -0.05) is 83.9 Å². The molecule has 1 atom stereocenters. The number of hydrogen-bond donors (Lipinski definition) is 0. The second-order valence-electron chi connectivity index (χ2n) is 9.88. The maximum atomic E-state index is 13.6. The number of amides is 3. The number of hydrogen-bond acceptors (Lipinski definition) is 6. The lowest BCUT2D eigenvalue weighted by molar-refractivity contribution is -0.169. The zero-order valence-corrected chi connectivity index (χ0v) is 21.2. The lowest BCUT2D eigenvalue weighted by atomic mass is 9.98. The van der Waals surface area contributed by atoms with Gasteiger partial charge in [0, 0.05) is 12.3 Å². The van der Waals surface area contributed by atoms with Gasteiger partial charge in [0.1, 0.15) is 12.6 Å². The molecule has 2 heterocycles. The fraction of sp³-hybridized carbons (Fsp3) is 0.125. The minimum atomic E-state index is -1.11. The fourth-order valence-corrected chi connectivity index (χ4v) is 5.86. The van der Waals surface area contributed by atoms with E-state index in [1.807, 2.05) is 48.5 Å². The van der Waals surface area contributed by atoms with Crippen LogP contribution in [0.2, 0.25) is 0 Å². The van der Waals surface area contributed by atoms with Crippen LogP contribution in [0.1, 0.15) is 43.3 Å². The number of benzene rings is 4. The molecule has 0 saturated heterocycles. The van der Waals surface area contributed by atoms with Crippen LogP contribution in [0.5, 0.6) is 0 Å². The molecule has 0 unspecified atom stereocenters. The van der Waals surface area contributed by atoms with Crippen molar-refractivity contribution >= 4 is 29.6 Å². The van der Waals surface area contributed by atoms with E-state index in [-0.39, 0.29) is 30.1 Å². The summed E-state index contributed by atoms with van der Waals surface area (Å²) < 4.78 is 5.86. The lowest BCUT2D eigenvalue weighted by Gasteiger charge is -2.25. The zero-order chi connectivity index (χ0) is 27.4. The molecule has 8 nitrogen and oxygen atoms in total. The first-order valence-corrected chi connectivity index (χ1v) is 12.9. The van der Waals surface area contributed by atoms with Crippen LogP contribution in [0.15, 0.2) is 97.1 Å². The maximum absolute atomic E-state index is 13.6. The second kappa shape index (κ2) is 9.20. The highest BCUT2D eigenvalue weighted by Gasteiger charge is 2.45. The number of rotatable bonds is 4. The molecule has 3 aliphatic rings. The minimum absolute atomic E-state index is 0.0751. The molecule has 7 rings (SSSR count). The van der Waals surface area contributed by atoms with Crippen LogP contribution in [0, 0.1) is 0 Å². The third-order valence-corrected chi connectivity index (χ3v) is 7.72. The Balaban J connectivity index is 1.13. The average molecular weight is 531 g/mol. The Morgan fingerprint density at radius 1 is 0.700 bits per heavy atom. The Hall–Kier alpha value is -5.24. The van der Waals surface area contributed by atoms with Crippen molar-refractivity contribution in [2.75, 3.05) is 11.5 Å². The molecular weight excluding hydrogens is 508 g/mol. The van der Waals surface area contributed by atoms with Crippen molar-refractivity contribution < 1.29 is 28.8 Å². The van der Waals surface area contributed by atoms with Crippen molar-refractivity contribution in [2.24, 2.45) is 0 Å². The van der Waals surface area contributed by atoms with E-state index in [1.165, 1.54) is 17.0 Å². The van der Waals surface area contributed by atoms with Crippen molar-refractivity contribution in [1.82, 2.24) is 5.06 Å². The second-order valence-corrected chi connectivity index (χ2v) is 9.88. The van der Waals surface area contributed by atoms with Crippen LogP contribution in [-0.2, 0) is 20.8 Å². The Labute approximate surface area is 229 Å². The normalized spacial score (nSPS) is 16.9. The number of para-hydroxylation sites is 1. The van der Waals surface area contributed by atoms with Crippen molar-refractivity contribution in [3.8, 4) is 11.1 Å². The predicted molar refractivity (Wildman–Crippen MR) is 145 cm³/mol. The number of carbonyl (C=O) groups excluding carboxylic acids is 4. The predicted octanol–water partition coefficient (Wildman–Crippen LogP) is 5.12. The molecule has 0 N–H and O–H groups in total. The SMILES string of the molecule is O=C(ON1C(=O)c2ccccc2C1=O)[C@@H]1Cc2ccccc2N1C(=O)OCC1c2ccccc2-c2ccccc21. The number of carbonyl (C=O) groups is 4. The third kappa shape index (κ3) is 3.60. The standard InChI is InChI=1S/C32H22N2O6/c35-29-24-14-6-7-15-25(24)30(36)34(29)40-31(37)28-17-19-9-1-8-16-27(19)33(28)32(38)39-18-26-22-12-4-2-10-20(22)21-11-3-5-13-23(21)26/h1-16,26,28H,17-18H2/t28-/m0/s1. The number of anilines is 1. The van der Waals surface area contributed by atoms with E-state index in [2.05, 4.69) is 12.1 Å². The monoisotopic (exact) mass is 530 g/mol. The van der Waals surface area contributed by atoms with E-state index in [9.17, 15) is 19.2 Å². The van der Waals surface area contributed by atoms with Gasteiger partial charge >= 0.3 is 12.1 Å². The van der Waals surface area contributed by atoms with E-state index in [4.69, 9.17) is 9.57 Å². The van der Waals surface area contributed by atoms with Crippen molar-refractivity contribution in [1.29, 1.82) is 0 Å². The van der Waals surface area contributed by atoms with Crippen molar-refractivity contribution in [3.63, 3.8) is 0 Å². The van der Waals surface area contributed by atoms with Crippen LogP contribution < -0.4 is 4.90 Å². The molecule has 4 aromatic rings. The van der Waals surface area contributed by atoms with Crippen LogP contribution >= 0.6 is 0 Å². The number of nitrogens with zero attached hydrogens (tertiary/aromatic N) is 2. The molecule has 2 aliphatic heterocycles. The van der Waals surface area contributed by atoms with Gasteiger partial charge in [-0.2, -0.15) is 0 Å². The van der Waals surface area contributed by atoms with E-state index in [0.29, 0.717) is 10.8 Å². The van der Waals surface area contributed by atoms with Gasteiger partial charge in [-0.3, -0.25) is 14.5 Å². The Morgan fingerprint density at radius 2 is 1.23 bits per heavy atom. The average Bonchev–Trinajstić information content (AvgIpc) is 3.61. The maximum Gasteiger partial charge on any atom is 0.415 e. The Morgan fingerprint density at radius 3 is 1.85 bits per heavy atom. The molecule has 4 aromatic carbocycles. The van der Waals surface area contributed by atoms with Gasteiger partial charge in [-0.25, -0.2) is 9.59 Å². The number of hydroxylamine groups is 2. The first-order chi connectivity index (χ1) is 19.5. The summed E-state index contributed by atoms with van der Waals surface area (Å²) in [5.74, 6) is -2.51. The van der Waals surface area contributed by atoms with E-state index >= 15 is 0 Å². The molecule has 8 heteroatoms. The number of fused-ring (bicyclic) bond motifs is 5. The molecule has 0 bridgehead atoms. The van der Waals surface area contributed by atoms with Gasteiger partial charge in [0.25, 0.3) is 11.8 Å². The summed E-state index contributed by atoms with van der Waals surface area (Å²) in [5.41, 5.74) is 5.93. The fourth-order valence-electron chi connectivity index (χ4n) is 5.86. The van der Waals surface area contributed by atoms with Gasteiger partial charge in [0.15, 0.2) is 0 Å². The van der Waals surface area contributed by atoms with E-state index in [0.717, 1.165) is 27.8 Å². The van der Waals surface area contributed by atoms with Crippen LogP contribution in [-0.4, -0.2) is 41.6 Å². The number of ether oxygens (including phenoxy) is 1. The Bertz CT molecular complexity index is 1650. The first kappa shape index (κ1) is 23.8. The zero-order valence-electron chi connectivity index (χ0n) is 21.2. The summed E-state index contributed by atoms with van der Waals surface area (Å²) in [4.78, 5) is 59.1. The number of imide groups is 1. The highest BCUT2D eigenvalue weighted by atomic mass is 16.7. The molecule has 0 aromatic heterocycles. The molecule has 0 fully saturated rings. The van der Waals surface area contributed by atoms with E-state index < -0.39 is 29.9 Å². The molecule has 1 aliphatic carbocycles. The molecule has 40 heavy (non-hydrogen) atoms. The third-order valence-electron chi connectivity index (χ3n) is 7.72. The lowest BCUT2D eigenvalue weighted by Crippen LogP contribution is -2.47. The van der Waals surface area contributed by atoms with Gasteiger partial charge in [-0.15, -0.1) is 0 Å². The summed E-state index contributed by atoms with van der Waals surface area (Å²) >= 11 is 0. The molecule has 0 spiro atoms. The minimum Gasteiger partial charge on any atom is -0.448 e. The summed E-state index contributed by atoms with van der Waals surface area (Å²) in [6.45, 7) is 0.0751. The van der Waals surface area contributed by atoms with Crippen molar-refractivity contribution in [2.45, 2.75) is 18.4 Å². The highest BCUT2D eigenvalue weighted by molar-refractivity contribution is 6.21. The van der Waals surface area contributed by atoms with Crippen LogP contribution in [0.25, 0.3) is 11.1 Å². The quantitative estimate of drug-likeness (QED) is 0.340. The molecule has 3 amide bonds. The summed E-state index contributed by atoms with van der Waals surface area (Å²) in [6.07, 6.45) is -0.557. The molecule has 0 radical (unpaired) electrons. The van der Waals surface area contributed by atoms with Gasteiger partial charge in [0.2, 0.25) is 0 Å². The van der Waals surface area contributed by atoms with E-state index in [1.54, 1.807) is 24.3 Å². The molecule has 196 valence electrons. The van der Waals surface area contributed by atoms with Crippen LogP contribution in [0.4, 0.5) is 10.5 Å². The first-order valence-electron chi connectivity index (χ1n) is 12.9. The van der Waals surface area contributed by atoms with Crippen molar-refractivity contribution in [3.05, 3.63) is 125 Å². The van der Waals surface area contributed by atoms with Crippen LogP contribution in [0.3, 0.4) is 0 Å². The van der Waals surface area contributed by atoms with Gasteiger partial charge in [-0.05, 0) is 46.0 Å². The largest absolute Gasteiger partial charge is 0.448 e. The highest BCUT2D eigenvalue weighted by Crippen LogP contribution is 2.45. The van der Waals surface area contributed by atoms with Gasteiger partial charge < -0.3 is 9.57 Å². The van der Waals surface area contributed by atoms with Gasteiger partial charge in [0.05, 0.1) is 16.8 Å². The Kier molecular flexibility index (Phi) is 5.48. The smallest absolute Gasteiger partial charge is 0.415 e. The summed E-state index contributed by atoms with van der Waals surface area (Å²) in [5, 5.41) is 0.464.